The molecule has 29 heavy (non-hydrogen) atoms. The molecule has 2 aromatic carbocycles. The van der Waals surface area contributed by atoms with Gasteiger partial charge in [0.2, 0.25) is 0 Å². The van der Waals surface area contributed by atoms with E-state index < -0.39 is 20.7 Å². The van der Waals surface area contributed by atoms with Crippen LogP contribution in [0.25, 0.3) is 0 Å². The summed E-state index contributed by atoms with van der Waals surface area (Å²) < 4.78 is 30.4. The van der Waals surface area contributed by atoms with E-state index in [1.807, 2.05) is 24.3 Å². The third-order valence-electron chi connectivity index (χ3n) is 4.39. The van der Waals surface area contributed by atoms with E-state index in [-0.39, 0.29) is 12.2 Å². The lowest BCUT2D eigenvalue weighted by Gasteiger charge is -2.14. The minimum absolute atomic E-state index is 0.0605. The van der Waals surface area contributed by atoms with Crippen LogP contribution in [0.3, 0.4) is 0 Å². The summed E-state index contributed by atoms with van der Waals surface area (Å²) in [5, 5.41) is 7.12. The molecule has 0 saturated heterocycles. The summed E-state index contributed by atoms with van der Waals surface area (Å²) in [6, 6.07) is 14.4. The first-order chi connectivity index (χ1) is 13.7. The quantitative estimate of drug-likeness (QED) is 0.585. The molecule has 0 aliphatic carbocycles. The minimum atomic E-state index is -4.11. The van der Waals surface area contributed by atoms with E-state index in [1.54, 1.807) is 24.3 Å². The highest BCUT2D eigenvalue weighted by molar-refractivity contribution is 9.10. The Hall–Kier alpha value is -2.52. The van der Waals surface area contributed by atoms with Crippen molar-refractivity contribution in [1.29, 1.82) is 0 Å². The maximum Gasteiger partial charge on any atom is 0.297 e. The van der Waals surface area contributed by atoms with Crippen LogP contribution >= 0.6 is 15.9 Å². The van der Waals surface area contributed by atoms with Gasteiger partial charge in [0.05, 0.1) is 6.54 Å². The van der Waals surface area contributed by atoms with Gasteiger partial charge in [0.1, 0.15) is 5.69 Å². The van der Waals surface area contributed by atoms with Crippen molar-refractivity contribution in [3.63, 3.8) is 0 Å². The molecule has 0 unspecified atom stereocenters. The van der Waals surface area contributed by atoms with Crippen molar-refractivity contribution in [2.45, 2.75) is 38.4 Å². The average molecular weight is 477 g/mol. The monoisotopic (exact) mass is 476 g/mol. The van der Waals surface area contributed by atoms with E-state index in [4.69, 9.17) is 0 Å². The molecule has 1 aromatic heterocycles. The molecular weight excluding hydrogens is 456 g/mol. The molecule has 0 saturated carbocycles. The number of nitrogens with one attached hydrogen (secondary N) is 1. The molecule has 7 nitrogen and oxygen atoms in total. The van der Waals surface area contributed by atoms with E-state index in [1.165, 1.54) is 6.92 Å². The predicted octanol–water partition coefficient (Wildman–Crippen LogP) is 3.68. The average Bonchev–Trinajstić information content (AvgIpc) is 2.67. The molecule has 0 aliphatic heterocycles. The Labute approximate surface area is 178 Å². The fourth-order valence-corrected chi connectivity index (χ4v) is 4.13. The molecule has 3 aromatic rings. The van der Waals surface area contributed by atoms with Crippen LogP contribution < -0.4 is 10.3 Å². The molecule has 9 heteroatoms. The van der Waals surface area contributed by atoms with Crippen molar-refractivity contribution in [2.24, 2.45) is 0 Å². The number of sulfonamides is 1. The van der Waals surface area contributed by atoms with E-state index in [9.17, 15) is 13.2 Å². The van der Waals surface area contributed by atoms with Crippen molar-refractivity contribution in [3.8, 4) is 0 Å². The lowest BCUT2D eigenvalue weighted by Crippen LogP contribution is -2.32. The van der Waals surface area contributed by atoms with Gasteiger partial charge in [0, 0.05) is 10.2 Å². The first-order valence-corrected chi connectivity index (χ1v) is 11.3. The Morgan fingerprint density at radius 3 is 2.24 bits per heavy atom. The van der Waals surface area contributed by atoms with Crippen molar-refractivity contribution < 1.29 is 8.42 Å². The van der Waals surface area contributed by atoms with Gasteiger partial charge in [0.15, 0.2) is 0 Å². The number of nitrogens with zero attached hydrogens (tertiary/aromatic N) is 3. The summed E-state index contributed by atoms with van der Waals surface area (Å²) in [6.07, 6.45) is 0. The molecule has 0 spiro atoms. The van der Waals surface area contributed by atoms with Crippen LogP contribution in [-0.4, -0.2) is 23.2 Å². The lowest BCUT2D eigenvalue weighted by molar-refractivity contribution is 0.544. The van der Waals surface area contributed by atoms with E-state index in [0.717, 1.165) is 20.2 Å². The van der Waals surface area contributed by atoms with Gasteiger partial charge in [-0.25, -0.2) is 0 Å². The summed E-state index contributed by atoms with van der Waals surface area (Å²) in [6.45, 7) is 5.68. The number of anilines is 1. The number of aromatic nitrogens is 3. The largest absolute Gasteiger partial charge is 0.297 e. The molecule has 0 atom stereocenters. The third kappa shape index (κ3) is 4.91. The van der Waals surface area contributed by atoms with Crippen LogP contribution in [0, 0.1) is 6.92 Å². The molecule has 3 rings (SSSR count). The summed E-state index contributed by atoms with van der Waals surface area (Å²) in [5.74, 6) is 0.333. The topological polar surface area (TPSA) is 93.9 Å². The van der Waals surface area contributed by atoms with Crippen LogP contribution in [0.1, 0.15) is 36.6 Å². The first kappa shape index (κ1) is 21.2. The van der Waals surface area contributed by atoms with Crippen LogP contribution in [0.15, 0.2) is 63.0 Å². The van der Waals surface area contributed by atoms with Gasteiger partial charge in [-0.15, -0.1) is 10.2 Å². The summed E-state index contributed by atoms with van der Waals surface area (Å²) in [4.78, 5) is 12.6. The van der Waals surface area contributed by atoms with E-state index >= 15 is 0 Å². The Morgan fingerprint density at radius 2 is 1.66 bits per heavy atom. The zero-order valence-electron chi connectivity index (χ0n) is 16.3. The summed E-state index contributed by atoms with van der Waals surface area (Å²) in [7, 11) is -4.11. The second-order valence-electron chi connectivity index (χ2n) is 6.97. The highest BCUT2D eigenvalue weighted by atomic mass is 79.9. The number of rotatable bonds is 6. The van der Waals surface area contributed by atoms with Crippen molar-refractivity contribution in [2.75, 3.05) is 4.72 Å². The molecule has 0 radical (unpaired) electrons. The first-order valence-electron chi connectivity index (χ1n) is 8.99. The van der Waals surface area contributed by atoms with E-state index in [0.29, 0.717) is 11.6 Å². The standard InChI is InChI=1S/C20H21BrN4O3S/c1-13(2)16-6-10-18(11-7-16)24-29(27,28)20-23-22-14(3)19(26)25(20)12-15-4-8-17(21)9-5-15/h4-11,13,24H,12H2,1-3H3. The zero-order chi connectivity index (χ0) is 21.2. The van der Waals surface area contributed by atoms with Gasteiger partial charge in [-0.3, -0.25) is 14.1 Å². The maximum atomic E-state index is 13.0. The molecule has 0 fully saturated rings. The smallest absolute Gasteiger partial charge is 0.277 e. The van der Waals surface area contributed by atoms with Crippen molar-refractivity contribution >= 4 is 31.6 Å². The van der Waals surface area contributed by atoms with Gasteiger partial charge >= 0.3 is 0 Å². The lowest BCUT2D eigenvalue weighted by atomic mass is 10.0. The second kappa shape index (κ2) is 8.46. The van der Waals surface area contributed by atoms with E-state index in [2.05, 4.69) is 44.7 Å². The van der Waals surface area contributed by atoms with Gasteiger partial charge in [-0.2, -0.15) is 8.42 Å². The normalized spacial score (nSPS) is 11.6. The molecular formula is C20H21BrN4O3S. The Kier molecular flexibility index (Phi) is 6.18. The molecule has 1 N–H and O–H groups in total. The van der Waals surface area contributed by atoms with Gasteiger partial charge < -0.3 is 0 Å². The predicted molar refractivity (Wildman–Crippen MR) is 116 cm³/mol. The summed E-state index contributed by atoms with van der Waals surface area (Å²) >= 11 is 3.36. The SMILES string of the molecule is Cc1nnc(S(=O)(=O)Nc2ccc(C(C)C)cc2)n(Cc2ccc(Br)cc2)c1=O. The Bertz CT molecular complexity index is 1170. The molecule has 0 bridgehead atoms. The van der Waals surface area contributed by atoms with Crippen LogP contribution in [0.4, 0.5) is 5.69 Å². The highest BCUT2D eigenvalue weighted by Gasteiger charge is 2.24. The fraction of sp³-hybridized carbons (Fsp3) is 0.250. The molecule has 0 amide bonds. The third-order valence-corrected chi connectivity index (χ3v) is 6.21. The minimum Gasteiger partial charge on any atom is -0.277 e. The second-order valence-corrected chi connectivity index (χ2v) is 9.46. The number of halogens is 1. The number of hydrogen-bond donors (Lipinski definition) is 1. The molecule has 1 heterocycles. The van der Waals surface area contributed by atoms with Crippen molar-refractivity contribution in [3.05, 3.63) is 80.2 Å². The Balaban J connectivity index is 1.99. The van der Waals surface area contributed by atoms with Gasteiger partial charge in [-0.1, -0.05) is 54.0 Å². The molecule has 152 valence electrons. The molecule has 0 aliphatic rings. The van der Waals surface area contributed by atoms with Crippen LogP contribution in [-0.2, 0) is 16.6 Å². The highest BCUT2D eigenvalue weighted by Crippen LogP contribution is 2.20. The van der Waals surface area contributed by atoms with Crippen LogP contribution in [0.5, 0.6) is 0 Å². The fourth-order valence-electron chi connectivity index (χ4n) is 2.74. The van der Waals surface area contributed by atoms with Crippen molar-refractivity contribution in [1.82, 2.24) is 14.8 Å². The van der Waals surface area contributed by atoms with Gasteiger partial charge in [-0.05, 0) is 48.2 Å². The Morgan fingerprint density at radius 1 is 1.03 bits per heavy atom. The summed E-state index contributed by atoms with van der Waals surface area (Å²) in [5.41, 5.74) is 1.87. The zero-order valence-corrected chi connectivity index (χ0v) is 18.7. The number of benzene rings is 2. The number of aryl methyl sites for hydroxylation is 1. The maximum absolute atomic E-state index is 13.0. The van der Waals surface area contributed by atoms with Crippen LogP contribution in [0.2, 0.25) is 0 Å². The van der Waals surface area contributed by atoms with Gasteiger partial charge in [0.25, 0.3) is 20.7 Å². The number of hydrogen-bond acceptors (Lipinski definition) is 5.